The molecule has 1 saturated heterocycles. The molecule has 1 amide bonds. The van der Waals surface area contributed by atoms with Crippen molar-refractivity contribution in [3.05, 3.63) is 28.8 Å². The number of amides is 1. The summed E-state index contributed by atoms with van der Waals surface area (Å²) in [6.07, 6.45) is 5.61. The number of anilines is 1. The van der Waals surface area contributed by atoms with E-state index in [0.29, 0.717) is 24.6 Å². The van der Waals surface area contributed by atoms with Gasteiger partial charge in [-0.05, 0) is 13.3 Å². The average molecular weight is 363 g/mol. The number of carbonyl (C=O) groups is 1. The molecule has 1 N–H and O–H groups in total. The fraction of sp³-hybridized carbons (Fsp3) is 0.588. The largest absolute Gasteiger partial charge is 0.378 e. The summed E-state index contributed by atoms with van der Waals surface area (Å²) < 4.78 is 7.51. The summed E-state index contributed by atoms with van der Waals surface area (Å²) in [7, 11) is 0. The van der Waals surface area contributed by atoms with E-state index in [1.165, 1.54) is 11.3 Å². The zero-order valence-corrected chi connectivity index (χ0v) is 15.6. The van der Waals surface area contributed by atoms with Crippen LogP contribution in [0.5, 0.6) is 0 Å². The third-order valence-electron chi connectivity index (χ3n) is 4.25. The zero-order chi connectivity index (χ0) is 17.6. The van der Waals surface area contributed by atoms with Crippen LogP contribution >= 0.6 is 11.3 Å². The molecule has 0 aliphatic carbocycles. The lowest BCUT2D eigenvalue weighted by Gasteiger charge is -2.25. The van der Waals surface area contributed by atoms with Gasteiger partial charge in [0.25, 0.3) is 5.91 Å². The maximum Gasteiger partial charge on any atom is 0.263 e. The zero-order valence-electron chi connectivity index (χ0n) is 14.8. The number of thiazole rings is 1. The number of morpholine rings is 1. The van der Waals surface area contributed by atoms with Crippen molar-refractivity contribution in [2.24, 2.45) is 0 Å². The molecule has 0 aromatic carbocycles. The second kappa shape index (κ2) is 8.44. The standard InChI is InChI=1S/C17H25N5O2S/c1-3-14-18-6-8-21(14)7-4-5-19-16(23)15-13(2)20-17(25-15)22-9-11-24-12-10-22/h6,8H,3-5,7,9-12H2,1-2H3,(H,19,23). The topological polar surface area (TPSA) is 72.3 Å². The van der Waals surface area contributed by atoms with Crippen LogP contribution in [0.2, 0.25) is 0 Å². The third kappa shape index (κ3) is 4.38. The Kier molecular flexibility index (Phi) is 6.04. The van der Waals surface area contributed by atoms with Crippen LogP contribution in [-0.4, -0.2) is 53.3 Å². The first-order chi connectivity index (χ1) is 12.2. The normalized spacial score (nSPS) is 14.7. The summed E-state index contributed by atoms with van der Waals surface area (Å²) in [5.41, 5.74) is 0.798. The molecule has 136 valence electrons. The van der Waals surface area contributed by atoms with Crippen LogP contribution < -0.4 is 10.2 Å². The van der Waals surface area contributed by atoms with Crippen LogP contribution in [0.1, 0.15) is 34.5 Å². The van der Waals surface area contributed by atoms with Crippen LogP contribution in [-0.2, 0) is 17.7 Å². The summed E-state index contributed by atoms with van der Waals surface area (Å²) in [5.74, 6) is 1.05. The number of nitrogens with zero attached hydrogens (tertiary/aromatic N) is 4. The minimum absolute atomic E-state index is 0.0316. The van der Waals surface area contributed by atoms with Crippen molar-refractivity contribution in [2.45, 2.75) is 33.2 Å². The van der Waals surface area contributed by atoms with Gasteiger partial charge >= 0.3 is 0 Å². The quantitative estimate of drug-likeness (QED) is 0.761. The molecular weight excluding hydrogens is 338 g/mol. The molecule has 1 aliphatic rings. The second-order valence-corrected chi connectivity index (χ2v) is 6.99. The van der Waals surface area contributed by atoms with Crippen molar-refractivity contribution in [3.63, 3.8) is 0 Å². The van der Waals surface area contributed by atoms with E-state index in [9.17, 15) is 4.79 Å². The Morgan fingerprint density at radius 3 is 2.96 bits per heavy atom. The molecule has 8 heteroatoms. The van der Waals surface area contributed by atoms with Crippen LogP contribution in [0.15, 0.2) is 12.4 Å². The molecule has 0 radical (unpaired) electrons. The summed E-state index contributed by atoms with van der Waals surface area (Å²) in [5, 5.41) is 3.92. The van der Waals surface area contributed by atoms with E-state index in [2.05, 4.69) is 31.7 Å². The predicted octanol–water partition coefficient (Wildman–Crippen LogP) is 1.87. The molecule has 2 aromatic rings. The summed E-state index contributed by atoms with van der Waals surface area (Å²) >= 11 is 1.47. The molecule has 0 saturated carbocycles. The van der Waals surface area contributed by atoms with Gasteiger partial charge in [0.05, 0.1) is 18.9 Å². The van der Waals surface area contributed by atoms with Crippen LogP contribution in [0.4, 0.5) is 5.13 Å². The first kappa shape index (κ1) is 17.9. The van der Waals surface area contributed by atoms with E-state index in [-0.39, 0.29) is 5.91 Å². The van der Waals surface area contributed by atoms with Gasteiger partial charge in [0.1, 0.15) is 10.7 Å². The molecule has 0 spiro atoms. The Morgan fingerprint density at radius 1 is 1.40 bits per heavy atom. The predicted molar refractivity (Wildman–Crippen MR) is 98.4 cm³/mol. The lowest BCUT2D eigenvalue weighted by atomic mass is 10.3. The fourth-order valence-corrected chi connectivity index (χ4v) is 3.91. The van der Waals surface area contributed by atoms with Gasteiger partial charge < -0.3 is 19.5 Å². The van der Waals surface area contributed by atoms with E-state index in [0.717, 1.165) is 49.1 Å². The average Bonchev–Trinajstić information content (AvgIpc) is 3.25. The lowest BCUT2D eigenvalue weighted by Crippen LogP contribution is -2.36. The van der Waals surface area contributed by atoms with E-state index in [1.807, 2.05) is 19.3 Å². The highest BCUT2D eigenvalue weighted by Crippen LogP contribution is 2.26. The van der Waals surface area contributed by atoms with E-state index in [1.54, 1.807) is 0 Å². The van der Waals surface area contributed by atoms with Crippen molar-refractivity contribution in [2.75, 3.05) is 37.7 Å². The number of aryl methyl sites for hydroxylation is 3. The van der Waals surface area contributed by atoms with E-state index >= 15 is 0 Å². The van der Waals surface area contributed by atoms with Crippen molar-refractivity contribution >= 4 is 22.4 Å². The summed E-state index contributed by atoms with van der Waals surface area (Å²) in [6.45, 7) is 8.60. The molecule has 0 atom stereocenters. The number of rotatable bonds is 7. The van der Waals surface area contributed by atoms with E-state index in [4.69, 9.17) is 4.74 Å². The summed E-state index contributed by atoms with van der Waals surface area (Å²) in [6, 6.07) is 0. The van der Waals surface area contributed by atoms with Gasteiger partial charge in [0.2, 0.25) is 0 Å². The van der Waals surface area contributed by atoms with Gasteiger partial charge in [0, 0.05) is 45.0 Å². The van der Waals surface area contributed by atoms with Gasteiger partial charge in [0.15, 0.2) is 5.13 Å². The first-order valence-corrected chi connectivity index (χ1v) is 9.59. The Morgan fingerprint density at radius 2 is 2.20 bits per heavy atom. The second-order valence-electron chi connectivity index (χ2n) is 6.01. The molecule has 25 heavy (non-hydrogen) atoms. The summed E-state index contributed by atoms with van der Waals surface area (Å²) in [4.78, 5) is 24.2. The van der Waals surface area contributed by atoms with Gasteiger partial charge in [-0.3, -0.25) is 4.79 Å². The molecule has 2 aromatic heterocycles. The molecule has 1 aliphatic heterocycles. The Labute approximate surface area is 152 Å². The molecule has 3 heterocycles. The highest BCUT2D eigenvalue weighted by Gasteiger charge is 2.20. The number of hydrogen-bond donors (Lipinski definition) is 1. The van der Waals surface area contributed by atoms with Crippen molar-refractivity contribution < 1.29 is 9.53 Å². The van der Waals surface area contributed by atoms with Crippen molar-refractivity contribution in [3.8, 4) is 0 Å². The molecule has 3 rings (SSSR count). The number of carbonyl (C=O) groups excluding carboxylic acids is 1. The van der Waals surface area contributed by atoms with Gasteiger partial charge in [-0.1, -0.05) is 18.3 Å². The maximum absolute atomic E-state index is 12.4. The lowest BCUT2D eigenvalue weighted by molar-refractivity contribution is 0.0956. The number of nitrogens with one attached hydrogen (secondary N) is 1. The number of hydrogen-bond acceptors (Lipinski definition) is 6. The van der Waals surface area contributed by atoms with Gasteiger partial charge in [-0.25, -0.2) is 9.97 Å². The van der Waals surface area contributed by atoms with Crippen LogP contribution in [0, 0.1) is 6.92 Å². The third-order valence-corrected chi connectivity index (χ3v) is 5.47. The van der Waals surface area contributed by atoms with Crippen molar-refractivity contribution in [1.82, 2.24) is 19.9 Å². The number of aromatic nitrogens is 3. The number of ether oxygens (including phenoxy) is 1. The molecule has 1 fully saturated rings. The Hall–Kier alpha value is -1.93. The number of imidazole rings is 1. The van der Waals surface area contributed by atoms with Gasteiger partial charge in [-0.2, -0.15) is 0 Å². The maximum atomic E-state index is 12.4. The monoisotopic (exact) mass is 363 g/mol. The highest BCUT2D eigenvalue weighted by atomic mass is 32.1. The Balaban J connectivity index is 1.50. The van der Waals surface area contributed by atoms with Crippen LogP contribution in [0.3, 0.4) is 0 Å². The molecule has 7 nitrogen and oxygen atoms in total. The van der Waals surface area contributed by atoms with E-state index < -0.39 is 0 Å². The molecule has 0 bridgehead atoms. The highest BCUT2D eigenvalue weighted by molar-refractivity contribution is 7.17. The molecular formula is C17H25N5O2S. The SMILES string of the molecule is CCc1nccn1CCCNC(=O)c1sc(N2CCOCC2)nc1C. The van der Waals surface area contributed by atoms with Crippen LogP contribution in [0.25, 0.3) is 0 Å². The minimum atomic E-state index is -0.0316. The first-order valence-electron chi connectivity index (χ1n) is 8.77. The minimum Gasteiger partial charge on any atom is -0.378 e. The molecule has 0 unspecified atom stereocenters. The smallest absolute Gasteiger partial charge is 0.263 e. The fourth-order valence-electron chi connectivity index (χ4n) is 2.87. The van der Waals surface area contributed by atoms with Crippen molar-refractivity contribution in [1.29, 1.82) is 0 Å². The van der Waals surface area contributed by atoms with Gasteiger partial charge in [-0.15, -0.1) is 0 Å². The Bertz CT molecular complexity index is 706.